The van der Waals surface area contributed by atoms with Crippen LogP contribution in [0.3, 0.4) is 0 Å². The van der Waals surface area contributed by atoms with Gasteiger partial charge in [-0.2, -0.15) is 0 Å². The second kappa shape index (κ2) is 6.20. The molecule has 0 heterocycles. The Morgan fingerprint density at radius 3 is 2.53 bits per heavy atom. The molecule has 2 rings (SSSR count). The Morgan fingerprint density at radius 1 is 1.32 bits per heavy atom. The second-order valence-electron chi connectivity index (χ2n) is 5.67. The lowest BCUT2D eigenvalue weighted by Crippen LogP contribution is -2.40. The molecule has 1 aliphatic rings. The molecule has 19 heavy (non-hydrogen) atoms. The average molecular weight is 260 g/mol. The predicted octanol–water partition coefficient (Wildman–Crippen LogP) is 2.77. The van der Waals surface area contributed by atoms with E-state index in [-0.39, 0.29) is 5.91 Å². The van der Waals surface area contributed by atoms with Crippen molar-refractivity contribution in [3.8, 4) is 0 Å². The van der Waals surface area contributed by atoms with E-state index in [2.05, 4.69) is 12.2 Å². The summed E-state index contributed by atoms with van der Waals surface area (Å²) in [6.45, 7) is 2.98. The van der Waals surface area contributed by atoms with Crippen LogP contribution < -0.4 is 11.1 Å². The molecule has 1 atom stereocenters. The number of hydrogen-bond donors (Lipinski definition) is 2. The minimum Gasteiger partial charge on any atom is -0.354 e. The molecule has 1 aromatic carbocycles. The molecule has 104 valence electrons. The highest BCUT2D eigenvalue weighted by Crippen LogP contribution is 2.40. The van der Waals surface area contributed by atoms with Gasteiger partial charge >= 0.3 is 0 Å². The van der Waals surface area contributed by atoms with Crippen molar-refractivity contribution in [2.75, 3.05) is 6.54 Å². The van der Waals surface area contributed by atoms with Crippen LogP contribution in [0.2, 0.25) is 0 Å². The average Bonchev–Trinajstić information content (AvgIpc) is 2.94. The van der Waals surface area contributed by atoms with Gasteiger partial charge in [-0.1, -0.05) is 50.1 Å². The SMILES string of the molecule is CCC1(CNC(=O)C(N)c2ccccc2)CCCC1. The first kappa shape index (κ1) is 14.1. The van der Waals surface area contributed by atoms with E-state index in [9.17, 15) is 4.79 Å². The fourth-order valence-electron chi connectivity index (χ4n) is 2.98. The number of carbonyl (C=O) groups excluding carboxylic acids is 1. The monoisotopic (exact) mass is 260 g/mol. The summed E-state index contributed by atoms with van der Waals surface area (Å²) in [5.41, 5.74) is 7.18. The maximum absolute atomic E-state index is 12.1. The number of amides is 1. The van der Waals surface area contributed by atoms with Gasteiger partial charge in [0.2, 0.25) is 5.91 Å². The number of hydrogen-bond acceptors (Lipinski definition) is 2. The summed E-state index contributed by atoms with van der Waals surface area (Å²) in [5, 5.41) is 3.05. The third-order valence-corrected chi connectivity index (χ3v) is 4.49. The minimum atomic E-state index is -0.559. The molecule has 0 bridgehead atoms. The van der Waals surface area contributed by atoms with Crippen molar-refractivity contribution < 1.29 is 4.79 Å². The van der Waals surface area contributed by atoms with Crippen LogP contribution in [-0.4, -0.2) is 12.5 Å². The Hall–Kier alpha value is -1.35. The molecule has 0 spiro atoms. The maximum atomic E-state index is 12.1. The molecule has 1 unspecified atom stereocenters. The van der Waals surface area contributed by atoms with E-state index in [4.69, 9.17) is 5.73 Å². The first-order valence-electron chi connectivity index (χ1n) is 7.25. The molecule has 0 aromatic heterocycles. The molecule has 3 N–H and O–H groups in total. The highest BCUT2D eigenvalue weighted by atomic mass is 16.2. The van der Waals surface area contributed by atoms with E-state index in [1.54, 1.807) is 0 Å². The van der Waals surface area contributed by atoms with Gasteiger partial charge in [0.15, 0.2) is 0 Å². The van der Waals surface area contributed by atoms with E-state index < -0.39 is 6.04 Å². The Morgan fingerprint density at radius 2 is 1.95 bits per heavy atom. The zero-order valence-electron chi connectivity index (χ0n) is 11.7. The van der Waals surface area contributed by atoms with Gasteiger partial charge in [-0.25, -0.2) is 0 Å². The van der Waals surface area contributed by atoms with Crippen molar-refractivity contribution in [2.24, 2.45) is 11.1 Å². The molecule has 1 aliphatic carbocycles. The van der Waals surface area contributed by atoms with Gasteiger partial charge in [0.1, 0.15) is 6.04 Å². The Kier molecular flexibility index (Phi) is 4.59. The van der Waals surface area contributed by atoms with E-state index in [0.29, 0.717) is 5.41 Å². The summed E-state index contributed by atoms with van der Waals surface area (Å²) >= 11 is 0. The van der Waals surface area contributed by atoms with Gasteiger partial charge in [0.05, 0.1) is 0 Å². The van der Waals surface area contributed by atoms with Crippen molar-refractivity contribution in [1.82, 2.24) is 5.32 Å². The molecule has 3 nitrogen and oxygen atoms in total. The third-order valence-electron chi connectivity index (χ3n) is 4.49. The van der Waals surface area contributed by atoms with E-state index in [0.717, 1.165) is 18.5 Å². The van der Waals surface area contributed by atoms with Gasteiger partial charge in [0, 0.05) is 6.54 Å². The van der Waals surface area contributed by atoms with Crippen LogP contribution in [-0.2, 0) is 4.79 Å². The first-order valence-corrected chi connectivity index (χ1v) is 7.25. The van der Waals surface area contributed by atoms with Crippen LogP contribution in [0.4, 0.5) is 0 Å². The van der Waals surface area contributed by atoms with Crippen LogP contribution in [0.15, 0.2) is 30.3 Å². The van der Waals surface area contributed by atoms with Crippen molar-refractivity contribution >= 4 is 5.91 Å². The van der Waals surface area contributed by atoms with Gasteiger partial charge in [-0.05, 0) is 30.2 Å². The summed E-state index contributed by atoms with van der Waals surface area (Å²) < 4.78 is 0. The molecule has 0 saturated heterocycles. The maximum Gasteiger partial charge on any atom is 0.241 e. The van der Waals surface area contributed by atoms with E-state index in [1.165, 1.54) is 25.7 Å². The lowest BCUT2D eigenvalue weighted by Gasteiger charge is -2.28. The van der Waals surface area contributed by atoms with E-state index >= 15 is 0 Å². The van der Waals surface area contributed by atoms with Crippen molar-refractivity contribution in [1.29, 1.82) is 0 Å². The van der Waals surface area contributed by atoms with Gasteiger partial charge in [0.25, 0.3) is 0 Å². The molecule has 1 amide bonds. The van der Waals surface area contributed by atoms with Gasteiger partial charge < -0.3 is 11.1 Å². The minimum absolute atomic E-state index is 0.0640. The molecule has 0 aliphatic heterocycles. The smallest absolute Gasteiger partial charge is 0.241 e. The molecule has 1 saturated carbocycles. The molecular formula is C16H24N2O. The summed E-state index contributed by atoms with van der Waals surface area (Å²) in [5.74, 6) is -0.0640. The quantitative estimate of drug-likeness (QED) is 0.855. The van der Waals surface area contributed by atoms with Crippen LogP contribution in [0.25, 0.3) is 0 Å². The number of benzene rings is 1. The van der Waals surface area contributed by atoms with Crippen LogP contribution in [0, 0.1) is 5.41 Å². The summed E-state index contributed by atoms with van der Waals surface area (Å²) in [4.78, 5) is 12.1. The molecular weight excluding hydrogens is 236 g/mol. The Labute approximate surface area is 115 Å². The fourth-order valence-corrected chi connectivity index (χ4v) is 2.98. The largest absolute Gasteiger partial charge is 0.354 e. The number of carbonyl (C=O) groups is 1. The normalized spacial score (nSPS) is 19.1. The highest BCUT2D eigenvalue weighted by Gasteiger charge is 2.32. The number of nitrogens with two attached hydrogens (primary N) is 1. The molecule has 1 aromatic rings. The van der Waals surface area contributed by atoms with Gasteiger partial charge in [-0.15, -0.1) is 0 Å². The van der Waals surface area contributed by atoms with Crippen LogP contribution >= 0.6 is 0 Å². The van der Waals surface area contributed by atoms with Crippen molar-refractivity contribution in [2.45, 2.75) is 45.1 Å². The summed E-state index contributed by atoms with van der Waals surface area (Å²) in [6, 6.07) is 8.99. The van der Waals surface area contributed by atoms with Crippen molar-refractivity contribution in [3.63, 3.8) is 0 Å². The molecule has 1 fully saturated rings. The summed E-state index contributed by atoms with van der Waals surface area (Å²) in [7, 11) is 0. The fraction of sp³-hybridized carbons (Fsp3) is 0.562. The molecule has 3 heteroatoms. The second-order valence-corrected chi connectivity index (χ2v) is 5.67. The number of rotatable bonds is 5. The topological polar surface area (TPSA) is 55.1 Å². The first-order chi connectivity index (χ1) is 9.17. The van der Waals surface area contributed by atoms with Gasteiger partial charge in [-0.3, -0.25) is 4.79 Å². The van der Waals surface area contributed by atoms with Crippen LogP contribution in [0.5, 0.6) is 0 Å². The lowest BCUT2D eigenvalue weighted by molar-refractivity contribution is -0.123. The van der Waals surface area contributed by atoms with Crippen molar-refractivity contribution in [3.05, 3.63) is 35.9 Å². The standard InChI is InChI=1S/C16H24N2O/c1-2-16(10-6-7-11-16)12-18-15(19)14(17)13-8-4-3-5-9-13/h3-5,8-9,14H,2,6-7,10-12,17H2,1H3,(H,18,19). The zero-order valence-corrected chi connectivity index (χ0v) is 11.7. The third kappa shape index (κ3) is 3.35. The number of nitrogens with one attached hydrogen (secondary N) is 1. The predicted molar refractivity (Wildman–Crippen MR) is 77.6 cm³/mol. The zero-order chi connectivity index (χ0) is 13.7. The lowest BCUT2D eigenvalue weighted by atomic mass is 9.83. The van der Waals surface area contributed by atoms with Crippen LogP contribution in [0.1, 0.15) is 50.6 Å². The molecule has 0 radical (unpaired) electrons. The Balaban J connectivity index is 1.91. The Bertz CT molecular complexity index is 410. The summed E-state index contributed by atoms with van der Waals surface area (Å²) in [6.07, 6.45) is 6.16. The highest BCUT2D eigenvalue weighted by molar-refractivity contribution is 5.82. The van der Waals surface area contributed by atoms with E-state index in [1.807, 2.05) is 30.3 Å².